The Morgan fingerprint density at radius 3 is 1.58 bits per heavy atom. The van der Waals surface area contributed by atoms with Gasteiger partial charge in [-0.3, -0.25) is 0 Å². The fraction of sp³-hybridized carbons (Fsp3) is 0.364. The van der Waals surface area contributed by atoms with E-state index in [4.69, 9.17) is 42.0 Å². The summed E-state index contributed by atoms with van der Waals surface area (Å²) in [5.41, 5.74) is 2.18. The molecule has 0 radical (unpaired) electrons. The molecule has 0 unspecified atom stereocenters. The van der Waals surface area contributed by atoms with Crippen LogP contribution >= 0.6 is 0 Å². The van der Waals surface area contributed by atoms with Crippen molar-refractivity contribution in [2.75, 3.05) is 7.11 Å². The van der Waals surface area contributed by atoms with Crippen molar-refractivity contribution in [2.24, 2.45) is 7.05 Å². The number of nitrogens with zero attached hydrogens (tertiary/aromatic N) is 4. The minimum atomic E-state index is -4.94. The van der Waals surface area contributed by atoms with E-state index < -0.39 is 20.5 Å². The lowest BCUT2D eigenvalue weighted by Gasteiger charge is -2.17. The van der Waals surface area contributed by atoms with Gasteiger partial charge in [-0.1, -0.05) is 0 Å². The minimum absolute atomic E-state index is 0.871. The van der Waals surface area contributed by atoms with Gasteiger partial charge in [0.2, 0.25) is 11.4 Å². The maximum Gasteiger partial charge on any atom is 0.329 e. The topological polar surface area (TPSA) is 219 Å². The van der Waals surface area contributed by atoms with E-state index in [1.807, 2.05) is 44.0 Å². The molecule has 2 heterocycles. The SMILES string of the molecule is COc1cc(C)[n+](-n2cn[n+](C)c2)c(C)c1.[O-][Cl+3]([O-])([O-])[O-].[O-][Cl+3]([O-])([O-])[O-]. The Balaban J connectivity index is 0.000000520. The number of halogens is 2. The van der Waals surface area contributed by atoms with Crippen molar-refractivity contribution in [1.82, 2.24) is 9.77 Å². The van der Waals surface area contributed by atoms with E-state index in [9.17, 15) is 0 Å². The third-order valence-electron chi connectivity index (χ3n) is 2.47. The van der Waals surface area contributed by atoms with E-state index in [-0.39, 0.29) is 0 Å². The molecule has 0 aliphatic heterocycles. The molecule has 148 valence electrons. The van der Waals surface area contributed by atoms with Crippen molar-refractivity contribution < 1.29 is 71.9 Å². The first-order valence-corrected chi connectivity index (χ1v) is 8.80. The molecule has 0 N–H and O–H groups in total. The summed E-state index contributed by atoms with van der Waals surface area (Å²) in [6.07, 6.45) is 3.68. The van der Waals surface area contributed by atoms with Crippen molar-refractivity contribution in [2.45, 2.75) is 13.8 Å². The summed E-state index contributed by atoms with van der Waals surface area (Å²) >= 11 is 0. The first kappa shape index (κ1) is 24.4. The molecule has 0 aliphatic rings. The molecule has 2 aromatic heterocycles. The molecule has 0 amide bonds. The van der Waals surface area contributed by atoms with Gasteiger partial charge in [-0.25, -0.2) is 37.3 Å². The molecule has 0 bridgehead atoms. The van der Waals surface area contributed by atoms with Gasteiger partial charge in [0.05, 0.1) is 19.2 Å². The number of aryl methyl sites for hydroxylation is 3. The van der Waals surface area contributed by atoms with Crippen LogP contribution in [0.2, 0.25) is 0 Å². The van der Waals surface area contributed by atoms with Crippen LogP contribution in [0.1, 0.15) is 11.4 Å². The third-order valence-corrected chi connectivity index (χ3v) is 2.47. The van der Waals surface area contributed by atoms with Crippen molar-refractivity contribution >= 4 is 0 Å². The minimum Gasteiger partial charge on any atom is -0.496 e. The molecule has 0 aromatic carbocycles. The molecule has 0 spiro atoms. The second kappa shape index (κ2) is 9.89. The molecule has 15 heteroatoms. The van der Waals surface area contributed by atoms with Crippen molar-refractivity contribution in [3.8, 4) is 5.75 Å². The first-order valence-electron chi connectivity index (χ1n) is 6.33. The van der Waals surface area contributed by atoms with Crippen LogP contribution < -0.4 is 51.4 Å². The van der Waals surface area contributed by atoms with Crippen molar-refractivity contribution in [1.29, 1.82) is 0 Å². The lowest BCUT2D eigenvalue weighted by molar-refractivity contribution is -2.00. The molecular formula is C11H16Cl2N4O9. The number of aromatic nitrogens is 4. The fourth-order valence-electron chi connectivity index (χ4n) is 1.80. The molecule has 0 aliphatic carbocycles. The Morgan fingerprint density at radius 1 is 0.923 bits per heavy atom. The number of pyridine rings is 1. The molecule has 0 saturated heterocycles. The number of rotatable bonds is 2. The lowest BCUT2D eigenvalue weighted by Crippen LogP contribution is -2.68. The van der Waals surface area contributed by atoms with E-state index in [0.717, 1.165) is 17.1 Å². The highest BCUT2D eigenvalue weighted by Gasteiger charge is 2.21. The van der Waals surface area contributed by atoms with Crippen LogP contribution in [-0.2, 0) is 7.05 Å². The Hall–Kier alpha value is -1.65. The molecular weight excluding hydrogens is 403 g/mol. The number of hydrogen-bond acceptors (Lipinski definition) is 10. The van der Waals surface area contributed by atoms with Gasteiger partial charge in [-0.05, 0) is 9.77 Å². The predicted molar refractivity (Wildman–Crippen MR) is 56.9 cm³/mol. The van der Waals surface area contributed by atoms with E-state index in [0.29, 0.717) is 0 Å². The monoisotopic (exact) mass is 418 g/mol. The van der Waals surface area contributed by atoms with Crippen LogP contribution in [0, 0.1) is 34.3 Å². The molecule has 2 aromatic rings. The quantitative estimate of drug-likeness (QED) is 0.418. The van der Waals surface area contributed by atoms with Crippen molar-refractivity contribution in [3.05, 3.63) is 36.2 Å². The van der Waals surface area contributed by atoms with Gasteiger partial charge in [-0.15, -0.1) is 25.2 Å². The summed E-state index contributed by atoms with van der Waals surface area (Å²) in [6.45, 7) is 4.07. The van der Waals surface area contributed by atoms with Gasteiger partial charge in [0.25, 0.3) is 6.33 Å². The highest BCUT2D eigenvalue weighted by Crippen LogP contribution is 2.11. The fourth-order valence-corrected chi connectivity index (χ4v) is 1.80. The van der Waals surface area contributed by atoms with Crippen LogP contribution in [0.25, 0.3) is 0 Å². The smallest absolute Gasteiger partial charge is 0.329 e. The average molecular weight is 419 g/mol. The van der Waals surface area contributed by atoms with Crippen LogP contribution in [0.5, 0.6) is 5.75 Å². The van der Waals surface area contributed by atoms with E-state index >= 15 is 0 Å². The second-order valence-electron chi connectivity index (χ2n) is 4.55. The Labute approximate surface area is 152 Å². The van der Waals surface area contributed by atoms with Crippen LogP contribution in [-0.4, -0.2) is 16.9 Å². The highest BCUT2D eigenvalue weighted by molar-refractivity contribution is 5.22. The molecule has 2 rings (SSSR count). The van der Waals surface area contributed by atoms with E-state index in [1.54, 1.807) is 18.1 Å². The summed E-state index contributed by atoms with van der Waals surface area (Å²) in [5, 5.41) is 4.15. The number of hydrogen-bond donors (Lipinski definition) is 0. The van der Waals surface area contributed by atoms with Crippen LogP contribution in [0.3, 0.4) is 0 Å². The zero-order valence-electron chi connectivity index (χ0n) is 14.0. The molecule has 0 saturated carbocycles. The van der Waals surface area contributed by atoms with Gasteiger partial charge < -0.3 is 4.74 Å². The predicted octanol–water partition coefficient (Wildman–Crippen LogP) is -9.58. The first-order chi connectivity index (χ1) is 11.6. The summed E-state index contributed by atoms with van der Waals surface area (Å²) < 4.78 is 78.9. The molecule has 26 heavy (non-hydrogen) atoms. The van der Waals surface area contributed by atoms with Gasteiger partial charge in [0.15, 0.2) is 0 Å². The maximum atomic E-state index is 8.49. The molecule has 13 nitrogen and oxygen atoms in total. The van der Waals surface area contributed by atoms with Gasteiger partial charge in [0.1, 0.15) is 12.8 Å². The standard InChI is InChI=1S/C11H16N4O.2ClHO4/c1-9-5-11(16-4)6-10(2)15(9)14-7-12-13(3)8-14;2*2-1(3,4)5/h5-8H,1-4H3;2*(H,2,3,4,5)/q+2;;/p-2. The molecule has 0 fully saturated rings. The second-order valence-corrected chi connectivity index (χ2v) is 6.06. The summed E-state index contributed by atoms with van der Waals surface area (Å²) in [4.78, 5) is 0. The normalized spacial score (nSPS) is 11.1. The van der Waals surface area contributed by atoms with Crippen molar-refractivity contribution in [3.63, 3.8) is 0 Å². The summed E-state index contributed by atoms with van der Waals surface area (Å²) in [5.74, 6) is 0.871. The summed E-state index contributed by atoms with van der Waals surface area (Å²) in [6, 6.07) is 3.99. The zero-order chi connectivity index (χ0) is 20.7. The highest BCUT2D eigenvalue weighted by atomic mass is 35.7. The maximum absolute atomic E-state index is 8.49. The lowest BCUT2D eigenvalue weighted by atomic mass is 10.3. The van der Waals surface area contributed by atoms with Gasteiger partial charge in [0, 0.05) is 18.5 Å². The van der Waals surface area contributed by atoms with Crippen LogP contribution in [0.15, 0.2) is 24.8 Å². The Bertz CT molecular complexity index is 653. The molecule has 0 atom stereocenters. The average Bonchev–Trinajstić information content (AvgIpc) is 2.80. The Kier molecular flexibility index (Phi) is 9.26. The van der Waals surface area contributed by atoms with Gasteiger partial charge >= 0.3 is 6.33 Å². The van der Waals surface area contributed by atoms with Gasteiger partial charge in [-0.2, -0.15) is 0 Å². The third kappa shape index (κ3) is 11.8. The zero-order valence-corrected chi connectivity index (χ0v) is 15.5. The Morgan fingerprint density at radius 2 is 1.31 bits per heavy atom. The van der Waals surface area contributed by atoms with Crippen LogP contribution in [0.4, 0.5) is 0 Å². The van der Waals surface area contributed by atoms with E-state index in [1.165, 1.54) is 0 Å². The number of methoxy groups -OCH3 is 1. The number of ether oxygens (including phenoxy) is 1. The van der Waals surface area contributed by atoms with E-state index in [2.05, 4.69) is 9.77 Å². The largest absolute Gasteiger partial charge is 0.496 e. The summed E-state index contributed by atoms with van der Waals surface area (Å²) in [7, 11) is -6.32.